The number of para-hydroxylation sites is 2. The van der Waals surface area contributed by atoms with Crippen LogP contribution in [0.1, 0.15) is 26.2 Å². The van der Waals surface area contributed by atoms with Gasteiger partial charge in [-0.2, -0.15) is 0 Å². The molecule has 1 aliphatic heterocycles. The molecule has 1 aliphatic rings. The van der Waals surface area contributed by atoms with Crippen molar-refractivity contribution >= 4 is 11.1 Å². The molecule has 3 atom stereocenters. The number of likely N-dealkylation sites (N-methyl/N-ethyl adjacent to an activating group) is 1. The molecule has 1 aromatic carbocycles. The average molecular weight is 274 g/mol. The maximum absolute atomic E-state index is 5.84. The molecule has 0 radical (unpaired) electrons. The molecular formula is C16H22N2O2. The largest absolute Gasteiger partial charge is 0.441 e. The van der Waals surface area contributed by atoms with E-state index in [1.54, 1.807) is 0 Å². The highest BCUT2D eigenvalue weighted by Gasteiger charge is 2.30. The quantitative estimate of drug-likeness (QED) is 0.910. The van der Waals surface area contributed by atoms with E-state index >= 15 is 0 Å². The number of hydrogen-bond acceptors (Lipinski definition) is 4. The van der Waals surface area contributed by atoms with E-state index in [2.05, 4.69) is 24.1 Å². The Kier molecular flexibility index (Phi) is 4.03. The minimum absolute atomic E-state index is 0.366. The van der Waals surface area contributed by atoms with Crippen LogP contribution in [-0.2, 0) is 11.2 Å². The topological polar surface area (TPSA) is 47.3 Å². The maximum atomic E-state index is 5.84. The smallest absolute Gasteiger partial charge is 0.197 e. The Bertz CT molecular complexity index is 533. The van der Waals surface area contributed by atoms with Gasteiger partial charge < -0.3 is 14.5 Å². The molecule has 0 aliphatic carbocycles. The summed E-state index contributed by atoms with van der Waals surface area (Å²) in [6, 6.07) is 8.30. The van der Waals surface area contributed by atoms with Gasteiger partial charge in [-0.1, -0.05) is 19.1 Å². The molecule has 1 aromatic heterocycles. The number of rotatable bonds is 5. The number of nitrogens with one attached hydrogen (secondary N) is 1. The molecule has 0 saturated carbocycles. The Morgan fingerprint density at radius 3 is 2.95 bits per heavy atom. The van der Waals surface area contributed by atoms with Crippen LogP contribution in [0.3, 0.4) is 0 Å². The summed E-state index contributed by atoms with van der Waals surface area (Å²) >= 11 is 0. The highest BCUT2D eigenvalue weighted by molar-refractivity contribution is 5.72. The fraction of sp³-hybridized carbons (Fsp3) is 0.562. The van der Waals surface area contributed by atoms with Gasteiger partial charge in [0.15, 0.2) is 11.5 Å². The van der Waals surface area contributed by atoms with Crippen LogP contribution in [0.2, 0.25) is 0 Å². The lowest BCUT2D eigenvalue weighted by atomic mass is 9.94. The Balaban J connectivity index is 1.75. The van der Waals surface area contributed by atoms with Crippen LogP contribution >= 0.6 is 0 Å². The Morgan fingerprint density at radius 2 is 2.25 bits per heavy atom. The summed E-state index contributed by atoms with van der Waals surface area (Å²) < 4.78 is 11.5. The van der Waals surface area contributed by atoms with E-state index in [1.165, 1.54) is 0 Å². The van der Waals surface area contributed by atoms with Gasteiger partial charge in [0.05, 0.1) is 12.7 Å². The second kappa shape index (κ2) is 5.94. The normalized spacial score (nSPS) is 24.3. The van der Waals surface area contributed by atoms with Gasteiger partial charge in [-0.25, -0.2) is 4.98 Å². The molecule has 3 rings (SSSR count). The van der Waals surface area contributed by atoms with Gasteiger partial charge in [-0.3, -0.25) is 0 Å². The van der Waals surface area contributed by atoms with Crippen molar-refractivity contribution in [3.63, 3.8) is 0 Å². The minimum atomic E-state index is 0.366. The summed E-state index contributed by atoms with van der Waals surface area (Å²) in [5.74, 6) is 1.36. The molecule has 2 heterocycles. The summed E-state index contributed by atoms with van der Waals surface area (Å²) in [6.45, 7) is 6.07. The van der Waals surface area contributed by atoms with Crippen LogP contribution in [0.15, 0.2) is 28.7 Å². The number of hydrogen-bond donors (Lipinski definition) is 1. The number of nitrogens with zero attached hydrogens (tertiary/aromatic N) is 1. The molecule has 4 heteroatoms. The van der Waals surface area contributed by atoms with E-state index in [0.717, 1.165) is 43.0 Å². The van der Waals surface area contributed by atoms with Crippen LogP contribution in [0.4, 0.5) is 0 Å². The van der Waals surface area contributed by atoms with E-state index < -0.39 is 0 Å². The van der Waals surface area contributed by atoms with E-state index in [4.69, 9.17) is 9.15 Å². The van der Waals surface area contributed by atoms with Crippen molar-refractivity contribution in [2.24, 2.45) is 5.92 Å². The molecule has 0 spiro atoms. The SMILES string of the molecule is CCNC(Cc1nc2ccccc2o1)C1COC(C)C1. The van der Waals surface area contributed by atoms with E-state index in [0.29, 0.717) is 18.1 Å². The molecule has 108 valence electrons. The first-order chi connectivity index (χ1) is 9.76. The van der Waals surface area contributed by atoms with Crippen molar-refractivity contribution in [3.05, 3.63) is 30.2 Å². The lowest BCUT2D eigenvalue weighted by Crippen LogP contribution is -2.38. The van der Waals surface area contributed by atoms with Gasteiger partial charge in [0, 0.05) is 18.4 Å². The predicted molar refractivity (Wildman–Crippen MR) is 78.7 cm³/mol. The van der Waals surface area contributed by atoms with Crippen molar-refractivity contribution in [2.45, 2.75) is 38.8 Å². The molecule has 1 fully saturated rings. The molecular weight excluding hydrogens is 252 g/mol. The van der Waals surface area contributed by atoms with Crippen LogP contribution in [0.25, 0.3) is 11.1 Å². The molecule has 20 heavy (non-hydrogen) atoms. The van der Waals surface area contributed by atoms with Crippen LogP contribution in [0.5, 0.6) is 0 Å². The van der Waals surface area contributed by atoms with Gasteiger partial charge in [0.2, 0.25) is 0 Å². The van der Waals surface area contributed by atoms with E-state index in [9.17, 15) is 0 Å². The maximum Gasteiger partial charge on any atom is 0.197 e. The lowest BCUT2D eigenvalue weighted by molar-refractivity contribution is 0.116. The summed E-state index contributed by atoms with van der Waals surface area (Å²) in [4.78, 5) is 4.58. The summed E-state index contributed by atoms with van der Waals surface area (Å²) in [7, 11) is 0. The predicted octanol–water partition coefficient (Wildman–Crippen LogP) is 2.77. The van der Waals surface area contributed by atoms with E-state index in [1.807, 2.05) is 24.3 Å². The summed E-state index contributed by atoms with van der Waals surface area (Å²) in [6.07, 6.45) is 2.30. The summed E-state index contributed by atoms with van der Waals surface area (Å²) in [5.41, 5.74) is 1.81. The van der Waals surface area contributed by atoms with Gasteiger partial charge in [0.1, 0.15) is 5.52 Å². The second-order valence-corrected chi connectivity index (χ2v) is 5.58. The van der Waals surface area contributed by atoms with Gasteiger partial charge >= 0.3 is 0 Å². The van der Waals surface area contributed by atoms with Gasteiger partial charge in [-0.15, -0.1) is 0 Å². The lowest BCUT2D eigenvalue weighted by Gasteiger charge is -2.21. The number of benzene rings is 1. The first-order valence-electron chi connectivity index (χ1n) is 7.45. The number of fused-ring (bicyclic) bond motifs is 1. The number of aromatic nitrogens is 1. The summed E-state index contributed by atoms with van der Waals surface area (Å²) in [5, 5.41) is 3.56. The Labute approximate surface area is 119 Å². The molecule has 1 N–H and O–H groups in total. The third-order valence-corrected chi connectivity index (χ3v) is 4.00. The first-order valence-corrected chi connectivity index (χ1v) is 7.45. The molecule has 0 amide bonds. The first kappa shape index (κ1) is 13.6. The van der Waals surface area contributed by atoms with Crippen LogP contribution < -0.4 is 5.32 Å². The molecule has 3 unspecified atom stereocenters. The highest BCUT2D eigenvalue weighted by atomic mass is 16.5. The highest BCUT2D eigenvalue weighted by Crippen LogP contribution is 2.25. The number of ether oxygens (including phenoxy) is 1. The van der Waals surface area contributed by atoms with Crippen molar-refractivity contribution in [1.82, 2.24) is 10.3 Å². The standard InChI is InChI=1S/C16H22N2O2/c1-3-17-14(12-8-11(2)19-10-12)9-16-18-13-6-4-5-7-15(13)20-16/h4-7,11-12,14,17H,3,8-10H2,1-2H3. The molecule has 4 nitrogen and oxygen atoms in total. The van der Waals surface area contributed by atoms with Crippen molar-refractivity contribution in [1.29, 1.82) is 0 Å². The van der Waals surface area contributed by atoms with Crippen molar-refractivity contribution in [3.8, 4) is 0 Å². The Hall–Kier alpha value is -1.39. The minimum Gasteiger partial charge on any atom is -0.441 e. The monoisotopic (exact) mass is 274 g/mol. The van der Waals surface area contributed by atoms with Crippen molar-refractivity contribution in [2.75, 3.05) is 13.2 Å². The van der Waals surface area contributed by atoms with Crippen LogP contribution in [-0.4, -0.2) is 30.3 Å². The van der Waals surface area contributed by atoms with Crippen LogP contribution in [0, 0.1) is 5.92 Å². The molecule has 0 bridgehead atoms. The zero-order valence-corrected chi connectivity index (χ0v) is 12.1. The zero-order chi connectivity index (χ0) is 13.9. The third-order valence-electron chi connectivity index (χ3n) is 4.00. The van der Waals surface area contributed by atoms with Crippen molar-refractivity contribution < 1.29 is 9.15 Å². The zero-order valence-electron chi connectivity index (χ0n) is 12.1. The third kappa shape index (κ3) is 2.86. The molecule has 2 aromatic rings. The average Bonchev–Trinajstić information content (AvgIpc) is 3.03. The fourth-order valence-electron chi connectivity index (χ4n) is 2.99. The van der Waals surface area contributed by atoms with E-state index in [-0.39, 0.29) is 0 Å². The van der Waals surface area contributed by atoms with Gasteiger partial charge in [-0.05, 0) is 32.0 Å². The Morgan fingerprint density at radius 1 is 1.40 bits per heavy atom. The second-order valence-electron chi connectivity index (χ2n) is 5.58. The fourth-order valence-corrected chi connectivity index (χ4v) is 2.99. The number of oxazole rings is 1. The van der Waals surface area contributed by atoms with Gasteiger partial charge in [0.25, 0.3) is 0 Å². The molecule has 1 saturated heterocycles.